The van der Waals surface area contributed by atoms with Gasteiger partial charge in [0, 0.05) is 0 Å². The van der Waals surface area contributed by atoms with Crippen LogP contribution in [0, 0.1) is 13.8 Å². The molecule has 1 amide bonds. The second-order valence-electron chi connectivity index (χ2n) is 7.65. The van der Waals surface area contributed by atoms with E-state index in [1.165, 1.54) is 0 Å². The van der Waals surface area contributed by atoms with Crippen LogP contribution in [0.15, 0.2) is 60.7 Å². The van der Waals surface area contributed by atoms with E-state index in [1.54, 1.807) is 19.1 Å². The number of carbonyl (C=O) groups excluding carboxylic acids is 1. The molecule has 3 rings (SSSR count). The molecule has 0 radical (unpaired) electrons. The first-order valence-corrected chi connectivity index (χ1v) is 12.0. The van der Waals surface area contributed by atoms with Crippen molar-refractivity contribution in [2.75, 3.05) is 23.7 Å². The fraction of sp³-hybridized carbons (Fsp3) is 0.292. The van der Waals surface area contributed by atoms with Gasteiger partial charge >= 0.3 is 0 Å². The van der Waals surface area contributed by atoms with Gasteiger partial charge < -0.3 is 10.1 Å². The molecule has 0 fully saturated rings. The zero-order valence-corrected chi connectivity index (χ0v) is 19.1. The largest absolute Gasteiger partial charge is 0.492 e. The number of hydrogen-bond donors (Lipinski definition) is 1. The number of hydrogen-bond acceptors (Lipinski definition) is 4. The van der Waals surface area contributed by atoms with E-state index in [9.17, 15) is 13.2 Å². The Morgan fingerprint density at radius 2 is 1.71 bits per heavy atom. The van der Waals surface area contributed by atoms with Crippen molar-refractivity contribution < 1.29 is 17.9 Å². The third-order valence-electron chi connectivity index (χ3n) is 5.22. The Morgan fingerprint density at radius 1 is 1.00 bits per heavy atom. The molecule has 0 aliphatic rings. The highest BCUT2D eigenvalue weighted by Crippen LogP contribution is 2.24. The van der Waals surface area contributed by atoms with E-state index in [2.05, 4.69) is 5.32 Å². The lowest BCUT2D eigenvalue weighted by molar-refractivity contribution is -0.121. The fourth-order valence-electron chi connectivity index (χ4n) is 3.42. The third kappa shape index (κ3) is 5.55. The second kappa shape index (κ2) is 9.39. The number of aryl methyl sites for hydroxylation is 2. The second-order valence-corrected chi connectivity index (χ2v) is 9.51. The summed E-state index contributed by atoms with van der Waals surface area (Å²) in [5.41, 5.74) is 2.49. The summed E-state index contributed by atoms with van der Waals surface area (Å²) in [7, 11) is -3.64. The van der Waals surface area contributed by atoms with Gasteiger partial charge in [-0.15, -0.1) is 0 Å². The van der Waals surface area contributed by atoms with Crippen molar-refractivity contribution in [1.29, 1.82) is 0 Å². The Labute approximate surface area is 183 Å². The zero-order valence-electron chi connectivity index (χ0n) is 18.3. The van der Waals surface area contributed by atoms with Crippen LogP contribution >= 0.6 is 0 Å². The van der Waals surface area contributed by atoms with Gasteiger partial charge in [0.25, 0.3) is 0 Å². The Hall–Kier alpha value is -3.06. The van der Waals surface area contributed by atoms with Gasteiger partial charge in [-0.2, -0.15) is 0 Å². The minimum absolute atomic E-state index is 0.264. The molecule has 1 unspecified atom stereocenters. The molecule has 3 aromatic carbocycles. The maximum atomic E-state index is 12.7. The van der Waals surface area contributed by atoms with E-state index in [0.29, 0.717) is 11.4 Å². The van der Waals surface area contributed by atoms with E-state index in [-0.39, 0.29) is 19.1 Å². The van der Waals surface area contributed by atoms with Crippen LogP contribution in [0.3, 0.4) is 0 Å². The molecule has 0 saturated carbocycles. The summed E-state index contributed by atoms with van der Waals surface area (Å²) in [5.74, 6) is 0.333. The van der Waals surface area contributed by atoms with Crippen molar-refractivity contribution in [1.82, 2.24) is 5.32 Å². The molecule has 31 heavy (non-hydrogen) atoms. The number of nitrogens with zero attached hydrogens (tertiary/aromatic N) is 1. The Balaban J connectivity index is 1.61. The summed E-state index contributed by atoms with van der Waals surface area (Å²) in [6.45, 7) is 5.99. The van der Waals surface area contributed by atoms with Gasteiger partial charge in [0.05, 0.1) is 18.5 Å². The van der Waals surface area contributed by atoms with Crippen molar-refractivity contribution in [3.8, 4) is 5.75 Å². The summed E-state index contributed by atoms with van der Waals surface area (Å²) < 4.78 is 31.7. The van der Waals surface area contributed by atoms with Gasteiger partial charge in [-0.25, -0.2) is 8.42 Å². The molecule has 0 heterocycles. The van der Waals surface area contributed by atoms with Crippen molar-refractivity contribution >= 4 is 32.4 Å². The highest BCUT2D eigenvalue weighted by atomic mass is 32.2. The summed E-state index contributed by atoms with van der Waals surface area (Å²) in [6.07, 6.45) is 1.11. The van der Waals surface area contributed by atoms with E-state index in [1.807, 2.05) is 62.4 Å². The molecule has 0 bridgehead atoms. The number of fused-ring (bicyclic) bond motifs is 1. The number of amides is 1. The first-order valence-electron chi connectivity index (χ1n) is 10.1. The van der Waals surface area contributed by atoms with Gasteiger partial charge in [-0.1, -0.05) is 36.4 Å². The Bertz CT molecular complexity index is 1190. The maximum Gasteiger partial charge on any atom is 0.243 e. The molecule has 0 spiro atoms. The predicted molar refractivity (Wildman–Crippen MR) is 125 cm³/mol. The minimum Gasteiger partial charge on any atom is -0.492 e. The topological polar surface area (TPSA) is 75.7 Å². The third-order valence-corrected chi connectivity index (χ3v) is 6.47. The first kappa shape index (κ1) is 22.6. The number of rotatable bonds is 8. The van der Waals surface area contributed by atoms with Crippen LogP contribution in [0.25, 0.3) is 10.8 Å². The molecule has 3 aromatic rings. The van der Waals surface area contributed by atoms with Gasteiger partial charge in [0.2, 0.25) is 15.9 Å². The van der Waals surface area contributed by atoms with Crippen molar-refractivity contribution in [2.45, 2.75) is 26.8 Å². The van der Waals surface area contributed by atoms with Crippen LogP contribution in [0.2, 0.25) is 0 Å². The summed E-state index contributed by atoms with van der Waals surface area (Å²) in [4.78, 5) is 12.7. The first-order chi connectivity index (χ1) is 14.7. The van der Waals surface area contributed by atoms with Gasteiger partial charge in [0.15, 0.2) is 0 Å². The normalized spacial score (nSPS) is 12.4. The molecule has 0 aromatic heterocycles. The van der Waals surface area contributed by atoms with Crippen molar-refractivity contribution in [3.05, 3.63) is 71.8 Å². The van der Waals surface area contributed by atoms with E-state index >= 15 is 0 Å². The molecule has 1 N–H and O–H groups in total. The number of ether oxygens (including phenoxy) is 1. The summed E-state index contributed by atoms with van der Waals surface area (Å²) in [6, 6.07) is 18.3. The number of nitrogens with one attached hydrogen (secondary N) is 1. The van der Waals surface area contributed by atoms with E-state index < -0.39 is 16.1 Å². The highest BCUT2D eigenvalue weighted by Gasteiger charge is 2.29. The van der Waals surface area contributed by atoms with Gasteiger partial charge in [0.1, 0.15) is 18.4 Å². The zero-order chi connectivity index (χ0) is 22.6. The van der Waals surface area contributed by atoms with Crippen LogP contribution in [0.1, 0.15) is 18.1 Å². The van der Waals surface area contributed by atoms with Crippen LogP contribution in [-0.4, -0.2) is 39.8 Å². The van der Waals surface area contributed by atoms with Crippen LogP contribution in [-0.2, 0) is 14.8 Å². The van der Waals surface area contributed by atoms with Gasteiger partial charge in [-0.3, -0.25) is 9.10 Å². The SMILES string of the molecule is Cc1ccc(N(C(C)C(=O)NCCOc2ccc3ccccc3c2)S(C)(=O)=O)cc1C. The molecule has 7 heteroatoms. The predicted octanol–water partition coefficient (Wildman–Crippen LogP) is 3.81. The van der Waals surface area contributed by atoms with Crippen molar-refractivity contribution in [2.24, 2.45) is 0 Å². The fourth-order valence-corrected chi connectivity index (χ4v) is 4.59. The smallest absolute Gasteiger partial charge is 0.243 e. The Morgan fingerprint density at radius 3 is 2.39 bits per heavy atom. The molecule has 164 valence electrons. The quantitative estimate of drug-likeness (QED) is 0.541. The highest BCUT2D eigenvalue weighted by molar-refractivity contribution is 7.92. The molecular formula is C24H28N2O4S. The summed E-state index contributed by atoms with van der Waals surface area (Å²) >= 11 is 0. The average Bonchev–Trinajstić information content (AvgIpc) is 2.72. The lowest BCUT2D eigenvalue weighted by Crippen LogP contribution is -2.48. The molecule has 0 aliphatic heterocycles. The molecule has 6 nitrogen and oxygen atoms in total. The number of carbonyl (C=O) groups is 1. The minimum atomic E-state index is -3.64. The van der Waals surface area contributed by atoms with Crippen molar-refractivity contribution in [3.63, 3.8) is 0 Å². The Kier molecular flexibility index (Phi) is 6.85. The summed E-state index contributed by atoms with van der Waals surface area (Å²) in [5, 5.41) is 4.98. The molecule has 0 aliphatic carbocycles. The number of sulfonamides is 1. The maximum absolute atomic E-state index is 12.7. The molecular weight excluding hydrogens is 412 g/mol. The standard InChI is InChI=1S/C24H28N2O4S/c1-17-9-11-22(15-18(17)2)26(31(4,28)29)19(3)24(27)25-13-14-30-23-12-10-20-7-5-6-8-21(20)16-23/h5-12,15-16,19H,13-14H2,1-4H3,(H,25,27). The van der Waals surface area contributed by atoms with Crippen LogP contribution in [0.5, 0.6) is 5.75 Å². The van der Waals surface area contributed by atoms with E-state index in [4.69, 9.17) is 4.74 Å². The average molecular weight is 441 g/mol. The lowest BCUT2D eigenvalue weighted by atomic mass is 10.1. The van der Waals surface area contributed by atoms with Gasteiger partial charge in [-0.05, 0) is 66.9 Å². The molecule has 1 atom stereocenters. The molecule has 0 saturated heterocycles. The monoisotopic (exact) mass is 440 g/mol. The number of benzene rings is 3. The lowest BCUT2D eigenvalue weighted by Gasteiger charge is -2.28. The number of anilines is 1. The van der Waals surface area contributed by atoms with E-state index in [0.717, 1.165) is 32.5 Å². The van der Waals surface area contributed by atoms with Crippen LogP contribution in [0.4, 0.5) is 5.69 Å². The van der Waals surface area contributed by atoms with Crippen LogP contribution < -0.4 is 14.4 Å².